The predicted molar refractivity (Wildman–Crippen MR) is 89.5 cm³/mol. The Kier molecular flexibility index (Phi) is 4.99. The number of aromatic nitrogens is 4. The van der Waals surface area contributed by atoms with Gasteiger partial charge < -0.3 is 14.2 Å². The summed E-state index contributed by atoms with van der Waals surface area (Å²) in [6, 6.07) is 4.09. The van der Waals surface area contributed by atoms with Gasteiger partial charge in [-0.25, -0.2) is 4.98 Å². The van der Waals surface area contributed by atoms with E-state index in [1.807, 2.05) is 43.3 Å². The van der Waals surface area contributed by atoms with Crippen LogP contribution in [0.25, 0.3) is 0 Å². The molecule has 1 aliphatic heterocycles. The largest absolute Gasteiger partial charge is 0.367 e. The summed E-state index contributed by atoms with van der Waals surface area (Å²) in [5.41, 5.74) is 0. The van der Waals surface area contributed by atoms with E-state index in [9.17, 15) is 4.79 Å². The van der Waals surface area contributed by atoms with Crippen molar-refractivity contribution in [1.82, 2.24) is 24.6 Å². The molecule has 0 radical (unpaired) electrons. The van der Waals surface area contributed by atoms with Gasteiger partial charge in [-0.2, -0.15) is 5.10 Å². The quantitative estimate of drug-likeness (QED) is 0.912. The Morgan fingerprint density at radius 2 is 2.12 bits per heavy atom. The highest BCUT2D eigenvalue weighted by molar-refractivity contribution is 5.76. The molecule has 1 fully saturated rings. The van der Waals surface area contributed by atoms with Crippen molar-refractivity contribution in [2.45, 2.75) is 45.3 Å². The summed E-state index contributed by atoms with van der Waals surface area (Å²) in [5, 5.41) is 7.17. The van der Waals surface area contributed by atoms with Crippen molar-refractivity contribution < 1.29 is 9.53 Å². The van der Waals surface area contributed by atoms with Gasteiger partial charge in [-0.15, -0.1) is 0 Å². The number of hydrogen-bond acceptors (Lipinski definition) is 4. The van der Waals surface area contributed by atoms with Crippen molar-refractivity contribution in [2.24, 2.45) is 0 Å². The van der Waals surface area contributed by atoms with Crippen molar-refractivity contribution in [3.8, 4) is 0 Å². The Morgan fingerprint density at radius 1 is 1.38 bits per heavy atom. The molecular weight excluding hydrogens is 306 g/mol. The van der Waals surface area contributed by atoms with Gasteiger partial charge in [0.15, 0.2) is 11.6 Å². The molecule has 1 saturated heterocycles. The lowest BCUT2D eigenvalue weighted by atomic mass is 10.2. The average molecular weight is 331 g/mol. The van der Waals surface area contributed by atoms with E-state index in [1.54, 1.807) is 0 Å². The average Bonchev–Trinajstić information content (AvgIpc) is 3.26. The SMILES string of the molecule is CC(C)c1n[nH]c([C@@H]2CN(C(=O)C[C@H](C)n3cccc3)CCO2)n1. The topological polar surface area (TPSA) is 76.0 Å². The second-order valence-corrected chi connectivity index (χ2v) is 6.62. The first-order valence-electron chi connectivity index (χ1n) is 8.48. The van der Waals surface area contributed by atoms with Crippen LogP contribution in [0, 0.1) is 0 Å². The maximum atomic E-state index is 12.6. The highest BCUT2D eigenvalue weighted by Crippen LogP contribution is 2.22. The molecule has 0 aromatic carbocycles. The third-order valence-electron chi connectivity index (χ3n) is 4.37. The summed E-state index contributed by atoms with van der Waals surface area (Å²) in [4.78, 5) is 19.0. The summed E-state index contributed by atoms with van der Waals surface area (Å²) >= 11 is 0. The van der Waals surface area contributed by atoms with Crippen LogP contribution in [0.15, 0.2) is 24.5 Å². The van der Waals surface area contributed by atoms with Gasteiger partial charge in [0.05, 0.1) is 13.2 Å². The number of nitrogens with one attached hydrogen (secondary N) is 1. The zero-order chi connectivity index (χ0) is 17.1. The highest BCUT2D eigenvalue weighted by Gasteiger charge is 2.28. The van der Waals surface area contributed by atoms with Crippen molar-refractivity contribution >= 4 is 5.91 Å². The Morgan fingerprint density at radius 3 is 2.79 bits per heavy atom. The molecule has 2 aromatic rings. The van der Waals surface area contributed by atoms with Crippen LogP contribution in [0.4, 0.5) is 0 Å². The maximum absolute atomic E-state index is 12.6. The number of rotatable bonds is 5. The smallest absolute Gasteiger partial charge is 0.224 e. The van der Waals surface area contributed by atoms with Crippen LogP contribution in [-0.2, 0) is 9.53 Å². The van der Waals surface area contributed by atoms with Gasteiger partial charge in [-0.3, -0.25) is 9.89 Å². The van der Waals surface area contributed by atoms with E-state index in [0.717, 1.165) is 5.82 Å². The van der Waals surface area contributed by atoms with Gasteiger partial charge in [-0.05, 0) is 19.1 Å². The third-order valence-corrected chi connectivity index (χ3v) is 4.37. The van der Waals surface area contributed by atoms with Crippen LogP contribution in [0.5, 0.6) is 0 Å². The summed E-state index contributed by atoms with van der Waals surface area (Å²) in [7, 11) is 0. The summed E-state index contributed by atoms with van der Waals surface area (Å²) in [6.45, 7) is 7.82. The molecule has 3 heterocycles. The number of morpholine rings is 1. The van der Waals surface area contributed by atoms with Gasteiger partial charge in [0.1, 0.15) is 6.10 Å². The fraction of sp³-hybridized carbons (Fsp3) is 0.588. The maximum Gasteiger partial charge on any atom is 0.224 e. The van der Waals surface area contributed by atoms with Crippen molar-refractivity contribution in [3.63, 3.8) is 0 Å². The van der Waals surface area contributed by atoms with Gasteiger partial charge in [0.2, 0.25) is 5.91 Å². The van der Waals surface area contributed by atoms with Crippen molar-refractivity contribution in [1.29, 1.82) is 0 Å². The standard InChI is InChI=1S/C17H25N5O2/c1-12(2)16-18-17(20-19-16)14-11-22(8-9-24-14)15(23)10-13(3)21-6-4-5-7-21/h4-7,12-14H,8-11H2,1-3H3,(H,18,19,20)/t13-,14-/m0/s1. The van der Waals surface area contributed by atoms with Crippen LogP contribution in [0.3, 0.4) is 0 Å². The molecule has 24 heavy (non-hydrogen) atoms. The number of carbonyl (C=O) groups excluding carboxylic acids is 1. The molecule has 2 aromatic heterocycles. The Hall–Kier alpha value is -2.15. The van der Waals surface area contributed by atoms with Crippen molar-refractivity contribution in [2.75, 3.05) is 19.7 Å². The predicted octanol–water partition coefficient (Wildman–Crippen LogP) is 2.28. The summed E-state index contributed by atoms with van der Waals surface area (Å²) < 4.78 is 7.84. The monoisotopic (exact) mass is 331 g/mol. The molecule has 1 N–H and O–H groups in total. The van der Waals surface area contributed by atoms with E-state index in [1.165, 1.54) is 0 Å². The molecule has 0 aliphatic carbocycles. The number of amides is 1. The Bertz CT molecular complexity index is 664. The fourth-order valence-electron chi connectivity index (χ4n) is 2.86. The number of ether oxygens (including phenoxy) is 1. The molecular formula is C17H25N5O2. The minimum Gasteiger partial charge on any atom is -0.367 e. The van der Waals surface area contributed by atoms with Crippen LogP contribution < -0.4 is 0 Å². The van der Waals surface area contributed by atoms with Crippen LogP contribution in [-0.4, -0.2) is 50.3 Å². The zero-order valence-corrected chi connectivity index (χ0v) is 14.5. The fourth-order valence-corrected chi connectivity index (χ4v) is 2.86. The molecule has 0 saturated carbocycles. The second kappa shape index (κ2) is 7.17. The molecule has 7 nitrogen and oxygen atoms in total. The first-order chi connectivity index (χ1) is 11.5. The lowest BCUT2D eigenvalue weighted by molar-refractivity contribution is -0.140. The second-order valence-electron chi connectivity index (χ2n) is 6.62. The van der Waals surface area contributed by atoms with Crippen LogP contribution in [0.1, 0.15) is 56.9 Å². The minimum atomic E-state index is -0.232. The van der Waals surface area contributed by atoms with Crippen molar-refractivity contribution in [3.05, 3.63) is 36.2 Å². The molecule has 1 amide bonds. The first-order valence-corrected chi connectivity index (χ1v) is 8.48. The number of nitrogens with zero attached hydrogens (tertiary/aromatic N) is 4. The molecule has 1 aliphatic rings. The summed E-state index contributed by atoms with van der Waals surface area (Å²) in [6.07, 6.45) is 4.23. The molecule has 0 unspecified atom stereocenters. The Labute approximate surface area is 142 Å². The molecule has 7 heteroatoms. The number of hydrogen-bond donors (Lipinski definition) is 1. The summed E-state index contributed by atoms with van der Waals surface area (Å²) in [5.74, 6) is 1.89. The van der Waals surface area contributed by atoms with Gasteiger partial charge in [-0.1, -0.05) is 13.8 Å². The van der Waals surface area contributed by atoms with E-state index >= 15 is 0 Å². The van der Waals surface area contributed by atoms with E-state index in [4.69, 9.17) is 4.74 Å². The van der Waals surface area contributed by atoms with Gasteiger partial charge >= 0.3 is 0 Å². The van der Waals surface area contributed by atoms with E-state index < -0.39 is 0 Å². The molecule has 0 spiro atoms. The number of aromatic amines is 1. The lowest BCUT2D eigenvalue weighted by Gasteiger charge is -2.32. The van der Waals surface area contributed by atoms with Crippen LogP contribution in [0.2, 0.25) is 0 Å². The third kappa shape index (κ3) is 3.67. The number of carbonyl (C=O) groups is 1. The minimum absolute atomic E-state index is 0.145. The molecule has 2 atom stereocenters. The highest BCUT2D eigenvalue weighted by atomic mass is 16.5. The lowest BCUT2D eigenvalue weighted by Crippen LogP contribution is -2.43. The van der Waals surface area contributed by atoms with Crippen LogP contribution >= 0.6 is 0 Å². The zero-order valence-electron chi connectivity index (χ0n) is 14.5. The molecule has 0 bridgehead atoms. The Balaban J connectivity index is 1.61. The van der Waals surface area contributed by atoms with E-state index in [0.29, 0.717) is 31.9 Å². The van der Waals surface area contributed by atoms with E-state index in [2.05, 4.69) is 26.7 Å². The van der Waals surface area contributed by atoms with Gasteiger partial charge in [0.25, 0.3) is 0 Å². The van der Waals surface area contributed by atoms with E-state index in [-0.39, 0.29) is 24.0 Å². The molecule has 3 rings (SSSR count). The first kappa shape index (κ1) is 16.7. The van der Waals surface area contributed by atoms with Gasteiger partial charge in [0, 0.05) is 37.3 Å². The normalized spacial score (nSPS) is 19.7. The number of H-pyrrole nitrogens is 1. The molecule has 130 valence electrons.